The molecule has 1 aromatic heterocycles. The van der Waals surface area contributed by atoms with Gasteiger partial charge in [0.05, 0.1) is 10.6 Å². The number of nitrogens with two attached hydrogens (primary N) is 1. The highest BCUT2D eigenvalue weighted by atomic mass is 35.5. The lowest BCUT2D eigenvalue weighted by Gasteiger charge is -1.98. The monoisotopic (exact) mass is 253 g/mol. The fourth-order valence-electron chi connectivity index (χ4n) is 1.19. The van der Waals surface area contributed by atoms with Crippen LogP contribution in [0.2, 0.25) is 10.0 Å². The molecule has 0 bridgehead atoms. The minimum Gasteiger partial charge on any atom is -0.419 e. The number of nitriles is 1. The molecule has 0 fully saturated rings. The number of aromatic nitrogens is 1. The number of hydrogen-bond donors (Lipinski definition) is 1. The van der Waals surface area contributed by atoms with Crippen LogP contribution < -0.4 is 5.73 Å². The van der Waals surface area contributed by atoms with Gasteiger partial charge in [-0.25, -0.2) is 0 Å². The summed E-state index contributed by atoms with van der Waals surface area (Å²) in [7, 11) is 0. The van der Waals surface area contributed by atoms with Crippen molar-refractivity contribution < 1.29 is 4.42 Å². The Labute approximate surface area is 101 Å². The second-order valence-electron chi connectivity index (χ2n) is 2.97. The summed E-state index contributed by atoms with van der Waals surface area (Å²) in [5.74, 6) is 0.180. The van der Waals surface area contributed by atoms with Crippen molar-refractivity contribution in [3.63, 3.8) is 0 Å². The van der Waals surface area contributed by atoms with Gasteiger partial charge in [-0.2, -0.15) is 10.2 Å². The van der Waals surface area contributed by atoms with E-state index in [0.717, 1.165) is 0 Å². The number of benzene rings is 1. The Hall–Kier alpha value is -1.70. The Bertz CT molecular complexity index is 586. The van der Waals surface area contributed by atoms with Crippen LogP contribution in [0.25, 0.3) is 11.5 Å². The number of nitrogen functional groups attached to an aromatic ring is 1. The van der Waals surface area contributed by atoms with E-state index in [2.05, 4.69) is 4.98 Å². The summed E-state index contributed by atoms with van der Waals surface area (Å²) in [5, 5.41) is 9.58. The zero-order chi connectivity index (χ0) is 11.7. The Kier molecular flexibility index (Phi) is 2.73. The van der Waals surface area contributed by atoms with Crippen LogP contribution in [0.15, 0.2) is 22.6 Å². The molecule has 4 nitrogen and oxygen atoms in total. The second kappa shape index (κ2) is 4.05. The van der Waals surface area contributed by atoms with Crippen molar-refractivity contribution in [2.24, 2.45) is 0 Å². The van der Waals surface area contributed by atoms with Gasteiger partial charge in [-0.05, 0) is 18.2 Å². The average molecular weight is 254 g/mol. The predicted octanol–water partition coefficient (Wildman–Crippen LogP) is 3.10. The number of anilines is 1. The summed E-state index contributed by atoms with van der Waals surface area (Å²) in [6, 6.07) is 6.68. The smallest absolute Gasteiger partial charge is 0.231 e. The third-order valence-electron chi connectivity index (χ3n) is 1.92. The fourth-order valence-corrected chi connectivity index (χ4v) is 1.68. The first-order valence-electron chi connectivity index (χ1n) is 4.23. The lowest BCUT2D eigenvalue weighted by molar-refractivity contribution is 0.594. The summed E-state index contributed by atoms with van der Waals surface area (Å²) in [6.07, 6.45) is 0. The maximum atomic E-state index is 8.69. The molecule has 2 aromatic rings. The minimum absolute atomic E-state index is 0.0245. The maximum absolute atomic E-state index is 8.69. The number of hydrogen-bond acceptors (Lipinski definition) is 4. The van der Waals surface area contributed by atoms with Crippen LogP contribution in [-0.2, 0) is 0 Å². The minimum atomic E-state index is -0.0245. The molecule has 0 unspecified atom stereocenters. The van der Waals surface area contributed by atoms with Gasteiger partial charge in [0.15, 0.2) is 0 Å². The fraction of sp³-hybridized carbons (Fsp3) is 0. The lowest BCUT2D eigenvalue weighted by atomic mass is 10.2. The molecule has 2 N–H and O–H groups in total. The molecule has 0 saturated heterocycles. The summed E-state index contributed by atoms with van der Waals surface area (Å²) in [4.78, 5) is 3.91. The van der Waals surface area contributed by atoms with Gasteiger partial charge in [0.25, 0.3) is 0 Å². The Morgan fingerprint density at radius 1 is 1.38 bits per heavy atom. The molecule has 0 radical (unpaired) electrons. The SMILES string of the molecule is N#Cc1nc(-c2ccc(Cl)cc2Cl)oc1N. The number of rotatable bonds is 1. The van der Waals surface area contributed by atoms with Crippen molar-refractivity contribution in [2.75, 3.05) is 5.73 Å². The molecule has 2 rings (SSSR count). The van der Waals surface area contributed by atoms with E-state index in [9.17, 15) is 0 Å². The largest absolute Gasteiger partial charge is 0.419 e. The molecule has 0 saturated carbocycles. The van der Waals surface area contributed by atoms with E-state index in [1.807, 2.05) is 6.07 Å². The van der Waals surface area contributed by atoms with Gasteiger partial charge in [0.1, 0.15) is 6.07 Å². The Morgan fingerprint density at radius 2 is 2.12 bits per heavy atom. The molecule has 16 heavy (non-hydrogen) atoms. The first-order chi connectivity index (χ1) is 7.61. The van der Waals surface area contributed by atoms with Crippen molar-refractivity contribution in [3.8, 4) is 17.5 Å². The van der Waals surface area contributed by atoms with Crippen LogP contribution >= 0.6 is 23.2 Å². The number of oxazole rings is 1. The zero-order valence-electron chi connectivity index (χ0n) is 7.87. The number of halogens is 2. The van der Waals surface area contributed by atoms with Gasteiger partial charge < -0.3 is 10.2 Å². The molecule has 0 amide bonds. The Balaban J connectivity index is 2.55. The van der Waals surface area contributed by atoms with Crippen LogP contribution in [0.5, 0.6) is 0 Å². The van der Waals surface area contributed by atoms with Gasteiger partial charge >= 0.3 is 0 Å². The zero-order valence-corrected chi connectivity index (χ0v) is 9.38. The van der Waals surface area contributed by atoms with Crippen molar-refractivity contribution in [2.45, 2.75) is 0 Å². The van der Waals surface area contributed by atoms with E-state index >= 15 is 0 Å². The molecule has 0 aliphatic heterocycles. The number of nitrogens with zero attached hydrogens (tertiary/aromatic N) is 2. The predicted molar refractivity (Wildman–Crippen MR) is 61.1 cm³/mol. The summed E-state index contributed by atoms with van der Waals surface area (Å²) in [5.41, 5.74) is 6.03. The van der Waals surface area contributed by atoms with Crippen LogP contribution in [0.3, 0.4) is 0 Å². The standard InChI is InChI=1S/C10H5Cl2N3O/c11-5-1-2-6(7(12)3-5)10-15-8(4-13)9(14)16-10/h1-3H,14H2. The van der Waals surface area contributed by atoms with E-state index in [0.29, 0.717) is 15.6 Å². The third-order valence-corrected chi connectivity index (χ3v) is 2.47. The third kappa shape index (κ3) is 1.83. The molecule has 80 valence electrons. The second-order valence-corrected chi connectivity index (χ2v) is 3.81. The van der Waals surface area contributed by atoms with Crippen LogP contribution in [0.4, 0.5) is 5.88 Å². The molecule has 0 spiro atoms. The van der Waals surface area contributed by atoms with Gasteiger partial charge in [-0.1, -0.05) is 23.2 Å². The van der Waals surface area contributed by atoms with Crippen LogP contribution in [0.1, 0.15) is 5.69 Å². The lowest BCUT2D eigenvalue weighted by Crippen LogP contribution is -1.84. The van der Waals surface area contributed by atoms with Crippen molar-refractivity contribution in [3.05, 3.63) is 33.9 Å². The first-order valence-corrected chi connectivity index (χ1v) is 4.99. The van der Waals surface area contributed by atoms with Crippen LogP contribution in [0, 0.1) is 11.3 Å². The molecule has 6 heteroatoms. The van der Waals surface area contributed by atoms with Crippen LogP contribution in [-0.4, -0.2) is 4.98 Å². The topological polar surface area (TPSA) is 75.8 Å². The highest BCUT2D eigenvalue weighted by Crippen LogP contribution is 2.31. The molecule has 1 heterocycles. The van der Waals surface area contributed by atoms with E-state index in [1.165, 1.54) is 0 Å². The molecule has 0 atom stereocenters. The molecule has 1 aromatic carbocycles. The van der Waals surface area contributed by atoms with Crippen molar-refractivity contribution in [1.82, 2.24) is 4.98 Å². The van der Waals surface area contributed by atoms with Gasteiger partial charge in [-0.3, -0.25) is 0 Å². The summed E-state index contributed by atoms with van der Waals surface area (Å²) < 4.78 is 5.13. The van der Waals surface area contributed by atoms with E-state index in [4.69, 9.17) is 38.6 Å². The molecule has 0 aliphatic carbocycles. The first kappa shape index (κ1) is 10.8. The van der Waals surface area contributed by atoms with E-state index in [-0.39, 0.29) is 17.5 Å². The quantitative estimate of drug-likeness (QED) is 0.848. The van der Waals surface area contributed by atoms with Crippen molar-refractivity contribution >= 4 is 29.1 Å². The summed E-state index contributed by atoms with van der Waals surface area (Å²) >= 11 is 11.7. The highest BCUT2D eigenvalue weighted by Gasteiger charge is 2.14. The molecular formula is C10H5Cl2N3O. The average Bonchev–Trinajstić information content (AvgIpc) is 2.59. The summed E-state index contributed by atoms with van der Waals surface area (Å²) in [6.45, 7) is 0. The molecule has 0 aliphatic rings. The van der Waals surface area contributed by atoms with Gasteiger partial charge in [-0.15, -0.1) is 0 Å². The van der Waals surface area contributed by atoms with Gasteiger partial charge in [0.2, 0.25) is 17.5 Å². The molecular weight excluding hydrogens is 249 g/mol. The maximum Gasteiger partial charge on any atom is 0.231 e. The Morgan fingerprint density at radius 3 is 2.69 bits per heavy atom. The van der Waals surface area contributed by atoms with E-state index in [1.54, 1.807) is 18.2 Å². The normalized spacial score (nSPS) is 10.1. The van der Waals surface area contributed by atoms with E-state index < -0.39 is 0 Å². The van der Waals surface area contributed by atoms with Crippen molar-refractivity contribution in [1.29, 1.82) is 5.26 Å². The highest BCUT2D eigenvalue weighted by molar-refractivity contribution is 6.36. The van der Waals surface area contributed by atoms with Gasteiger partial charge in [0, 0.05) is 5.02 Å².